The largest absolute Gasteiger partial charge is 0.242 e. The van der Waals surface area contributed by atoms with E-state index in [2.05, 4.69) is 4.72 Å². The quantitative estimate of drug-likeness (QED) is 0.700. The zero-order valence-corrected chi connectivity index (χ0v) is 15.6. The molecule has 0 spiro atoms. The first-order chi connectivity index (χ1) is 11.4. The highest BCUT2D eigenvalue weighted by molar-refractivity contribution is 7.89. The number of aryl methyl sites for hydroxylation is 2. The summed E-state index contributed by atoms with van der Waals surface area (Å²) in [5.74, 6) is -0.351. The number of nitrogens with one attached hydrogen (secondary N) is 1. The summed E-state index contributed by atoms with van der Waals surface area (Å²) in [6, 6.07) is 10.8. The fourth-order valence-corrected chi connectivity index (χ4v) is 6.13. The van der Waals surface area contributed by atoms with Gasteiger partial charge in [0, 0.05) is 14.6 Å². The van der Waals surface area contributed by atoms with Gasteiger partial charge in [-0.25, -0.2) is 12.8 Å². The van der Waals surface area contributed by atoms with Crippen LogP contribution < -0.4 is 4.72 Å². The molecule has 2 aromatic heterocycles. The number of halogens is 1. The molecule has 0 fully saturated rings. The molecule has 0 bridgehead atoms. The molecule has 1 N–H and O–H groups in total. The minimum atomic E-state index is -3.68. The summed E-state index contributed by atoms with van der Waals surface area (Å²) in [6.45, 7) is 3.68. The van der Waals surface area contributed by atoms with Crippen LogP contribution in [0.15, 0.2) is 52.7 Å². The topological polar surface area (TPSA) is 46.2 Å². The molecular formula is C17H16FNO2S3. The van der Waals surface area contributed by atoms with Crippen LogP contribution in [-0.2, 0) is 10.0 Å². The Bertz CT molecular complexity index is 929. The highest BCUT2D eigenvalue weighted by Crippen LogP contribution is 2.30. The highest BCUT2D eigenvalue weighted by atomic mass is 32.2. The Kier molecular flexibility index (Phi) is 4.87. The molecule has 2 heterocycles. The third-order valence-electron chi connectivity index (χ3n) is 3.59. The molecule has 0 aliphatic carbocycles. The van der Waals surface area contributed by atoms with E-state index in [9.17, 15) is 12.8 Å². The summed E-state index contributed by atoms with van der Waals surface area (Å²) in [7, 11) is -3.68. The smallest absolute Gasteiger partial charge is 0.207 e. The first-order valence-electron chi connectivity index (χ1n) is 7.25. The van der Waals surface area contributed by atoms with Crippen molar-refractivity contribution in [3.63, 3.8) is 0 Å². The molecule has 0 radical (unpaired) electrons. The number of hydrogen-bond acceptors (Lipinski definition) is 4. The van der Waals surface area contributed by atoms with Gasteiger partial charge in [-0.2, -0.15) is 4.72 Å². The number of sulfonamides is 1. The van der Waals surface area contributed by atoms with Crippen molar-refractivity contribution >= 4 is 32.7 Å². The van der Waals surface area contributed by atoms with Gasteiger partial charge in [0.15, 0.2) is 0 Å². The molecule has 126 valence electrons. The van der Waals surface area contributed by atoms with Crippen LogP contribution in [0.4, 0.5) is 4.39 Å². The Labute approximate surface area is 148 Å². The Hall–Kier alpha value is -1.54. The van der Waals surface area contributed by atoms with Crippen LogP contribution in [0.1, 0.15) is 26.2 Å². The Morgan fingerprint density at radius 3 is 2.38 bits per heavy atom. The molecule has 3 aromatic rings. The zero-order chi connectivity index (χ0) is 17.3. The molecular weight excluding hydrogens is 365 g/mol. The van der Waals surface area contributed by atoms with E-state index < -0.39 is 16.1 Å². The van der Waals surface area contributed by atoms with Crippen molar-refractivity contribution in [1.82, 2.24) is 4.72 Å². The third-order valence-corrected chi connectivity index (χ3v) is 7.17. The molecule has 24 heavy (non-hydrogen) atoms. The predicted molar refractivity (Wildman–Crippen MR) is 96.7 cm³/mol. The first-order valence-corrected chi connectivity index (χ1v) is 10.4. The molecule has 1 aromatic carbocycles. The maximum Gasteiger partial charge on any atom is 0.242 e. The van der Waals surface area contributed by atoms with E-state index in [0.717, 1.165) is 14.6 Å². The summed E-state index contributed by atoms with van der Waals surface area (Å²) in [4.78, 5) is 2.86. The standard InChI is InChI=1S/C17H16FNO2S3/c1-11-10-16(12(2)23-11)24(20,21)19-17(15-4-3-9-22-15)13-5-7-14(18)8-6-13/h3-10,17,19H,1-2H3/t17-/m0/s1. The van der Waals surface area contributed by atoms with Crippen LogP contribution in [0, 0.1) is 19.7 Å². The van der Waals surface area contributed by atoms with Gasteiger partial charge in [0.1, 0.15) is 5.82 Å². The van der Waals surface area contributed by atoms with Crippen molar-refractivity contribution < 1.29 is 12.8 Å². The lowest BCUT2D eigenvalue weighted by molar-refractivity contribution is 0.573. The molecule has 0 aliphatic rings. The number of thiophene rings is 2. The SMILES string of the molecule is Cc1cc(S(=O)(=O)N[C@@H](c2ccc(F)cc2)c2cccs2)c(C)s1. The van der Waals surface area contributed by atoms with E-state index in [1.807, 2.05) is 24.4 Å². The number of hydrogen-bond donors (Lipinski definition) is 1. The van der Waals surface area contributed by atoms with E-state index in [-0.39, 0.29) is 5.82 Å². The maximum absolute atomic E-state index is 13.2. The Morgan fingerprint density at radius 1 is 1.12 bits per heavy atom. The van der Waals surface area contributed by atoms with E-state index in [0.29, 0.717) is 10.5 Å². The van der Waals surface area contributed by atoms with E-state index in [1.54, 1.807) is 25.1 Å². The van der Waals surface area contributed by atoms with Crippen LogP contribution in [-0.4, -0.2) is 8.42 Å². The zero-order valence-electron chi connectivity index (χ0n) is 13.1. The molecule has 1 atom stereocenters. The van der Waals surface area contributed by atoms with Crippen molar-refractivity contribution in [3.8, 4) is 0 Å². The maximum atomic E-state index is 13.2. The van der Waals surface area contributed by atoms with Gasteiger partial charge in [0.05, 0.1) is 10.9 Å². The van der Waals surface area contributed by atoms with Gasteiger partial charge in [-0.15, -0.1) is 22.7 Å². The lowest BCUT2D eigenvalue weighted by Gasteiger charge is -2.18. The fraction of sp³-hybridized carbons (Fsp3) is 0.176. The van der Waals surface area contributed by atoms with Crippen LogP contribution in [0.25, 0.3) is 0 Å². The monoisotopic (exact) mass is 381 g/mol. The summed E-state index contributed by atoms with van der Waals surface area (Å²) in [5, 5.41) is 1.89. The average molecular weight is 382 g/mol. The molecule has 7 heteroatoms. The second kappa shape index (κ2) is 6.76. The van der Waals surface area contributed by atoms with Crippen LogP contribution in [0.3, 0.4) is 0 Å². The van der Waals surface area contributed by atoms with E-state index in [4.69, 9.17) is 0 Å². The van der Waals surface area contributed by atoms with Crippen LogP contribution >= 0.6 is 22.7 Å². The van der Waals surface area contributed by atoms with Crippen molar-refractivity contribution in [2.24, 2.45) is 0 Å². The third kappa shape index (κ3) is 3.59. The minimum absolute atomic E-state index is 0.300. The van der Waals surface area contributed by atoms with Gasteiger partial charge in [-0.3, -0.25) is 0 Å². The molecule has 3 nitrogen and oxygen atoms in total. The van der Waals surface area contributed by atoms with Gasteiger partial charge < -0.3 is 0 Å². The minimum Gasteiger partial charge on any atom is -0.207 e. The van der Waals surface area contributed by atoms with Gasteiger partial charge >= 0.3 is 0 Å². The van der Waals surface area contributed by atoms with Gasteiger partial charge in [-0.05, 0) is 49.1 Å². The van der Waals surface area contributed by atoms with Crippen LogP contribution in [0.5, 0.6) is 0 Å². The molecule has 0 aliphatic heterocycles. The molecule has 3 rings (SSSR count). The molecule has 0 saturated heterocycles. The second-order valence-electron chi connectivity index (χ2n) is 5.40. The average Bonchev–Trinajstić information content (AvgIpc) is 3.16. The van der Waals surface area contributed by atoms with Crippen molar-refractivity contribution in [2.45, 2.75) is 24.8 Å². The van der Waals surface area contributed by atoms with Gasteiger partial charge in [0.25, 0.3) is 0 Å². The Morgan fingerprint density at radius 2 is 1.83 bits per heavy atom. The van der Waals surface area contributed by atoms with Crippen molar-refractivity contribution in [1.29, 1.82) is 0 Å². The summed E-state index contributed by atoms with van der Waals surface area (Å²) in [6.07, 6.45) is 0. The lowest BCUT2D eigenvalue weighted by Crippen LogP contribution is -2.29. The summed E-state index contributed by atoms with van der Waals surface area (Å²) in [5.41, 5.74) is 0.701. The van der Waals surface area contributed by atoms with Gasteiger partial charge in [0.2, 0.25) is 10.0 Å². The van der Waals surface area contributed by atoms with Crippen LogP contribution in [0.2, 0.25) is 0 Å². The van der Waals surface area contributed by atoms with E-state index in [1.165, 1.54) is 34.8 Å². The van der Waals surface area contributed by atoms with E-state index >= 15 is 0 Å². The van der Waals surface area contributed by atoms with Crippen molar-refractivity contribution in [2.75, 3.05) is 0 Å². The fourth-order valence-electron chi connectivity index (χ4n) is 2.49. The second-order valence-corrected chi connectivity index (χ2v) is 9.52. The first kappa shape index (κ1) is 17.3. The summed E-state index contributed by atoms with van der Waals surface area (Å²) < 4.78 is 41.7. The molecule has 0 amide bonds. The number of rotatable bonds is 5. The molecule has 0 unspecified atom stereocenters. The summed E-state index contributed by atoms with van der Waals surface area (Å²) >= 11 is 2.91. The molecule has 0 saturated carbocycles. The lowest BCUT2D eigenvalue weighted by atomic mass is 10.1. The Balaban J connectivity index is 2.01. The predicted octanol–water partition coefficient (Wildman–Crippen LogP) is 4.63. The highest BCUT2D eigenvalue weighted by Gasteiger charge is 2.26. The normalized spacial score (nSPS) is 13.1. The van der Waals surface area contributed by atoms with Gasteiger partial charge in [-0.1, -0.05) is 18.2 Å². The number of benzene rings is 1. The van der Waals surface area contributed by atoms with Crippen molar-refractivity contribution in [3.05, 3.63) is 73.9 Å².